The Morgan fingerprint density at radius 2 is 0.491 bits per heavy atom. The SMILES string of the molecule is CC/C=C\C/C=C\C/C=C\C/C=C\C/C=C\CCCCCC(=O)OC[C@H](COP(=O)(O)OC[C@@H](O)COP(=O)(O)OC[C@@H](COC(=O)CCCCCCC/C=C\C/C=C\CCCCC)OC(=O)CCCCC/C=C\C/C=C\C/C=C\C/C=C\C/C=C\CC)OC(=O)CCCCCCCCCCCCCCC. The fourth-order valence-corrected chi connectivity index (χ4v) is 12.2. The molecule has 106 heavy (non-hydrogen) atoms. The largest absolute Gasteiger partial charge is 0.472 e. The topological polar surface area (TPSA) is 237 Å². The van der Waals surface area contributed by atoms with Crippen molar-refractivity contribution in [2.24, 2.45) is 0 Å². The number of esters is 4. The first-order chi connectivity index (χ1) is 51.7. The molecule has 0 amide bonds. The molecule has 0 aromatic rings. The molecule has 0 aliphatic rings. The van der Waals surface area contributed by atoms with Gasteiger partial charge in [-0.2, -0.15) is 0 Å². The quantitative estimate of drug-likeness (QED) is 0.0169. The molecule has 19 heteroatoms. The van der Waals surface area contributed by atoms with Crippen LogP contribution in [0.4, 0.5) is 0 Å². The minimum Gasteiger partial charge on any atom is -0.462 e. The van der Waals surface area contributed by atoms with Crippen LogP contribution in [0, 0.1) is 0 Å². The van der Waals surface area contributed by atoms with Crippen LogP contribution in [-0.2, 0) is 65.4 Å². The monoisotopic (exact) mass is 1530 g/mol. The van der Waals surface area contributed by atoms with Gasteiger partial charge in [0.05, 0.1) is 26.4 Å². The zero-order valence-corrected chi connectivity index (χ0v) is 68.1. The Balaban J connectivity index is 5.43. The smallest absolute Gasteiger partial charge is 0.462 e. The number of carbonyl (C=O) groups excluding carboxylic acids is 4. The van der Waals surface area contributed by atoms with E-state index in [0.29, 0.717) is 25.7 Å². The summed E-state index contributed by atoms with van der Waals surface area (Å²) < 4.78 is 68.6. The van der Waals surface area contributed by atoms with Gasteiger partial charge in [0.1, 0.15) is 19.3 Å². The fourth-order valence-electron chi connectivity index (χ4n) is 10.6. The van der Waals surface area contributed by atoms with Crippen LogP contribution in [0.2, 0.25) is 0 Å². The van der Waals surface area contributed by atoms with Gasteiger partial charge in [-0.05, 0) is 148 Å². The molecule has 0 fully saturated rings. The zero-order chi connectivity index (χ0) is 77.4. The van der Waals surface area contributed by atoms with Gasteiger partial charge in [0.15, 0.2) is 12.2 Å². The van der Waals surface area contributed by atoms with Crippen molar-refractivity contribution in [3.63, 3.8) is 0 Å². The number of hydrogen-bond donors (Lipinski definition) is 3. The molecule has 2 unspecified atom stereocenters. The number of hydrogen-bond acceptors (Lipinski definition) is 15. The van der Waals surface area contributed by atoms with Crippen molar-refractivity contribution in [2.45, 2.75) is 341 Å². The Morgan fingerprint density at radius 1 is 0.274 bits per heavy atom. The Hall–Kier alpha value is -5.06. The van der Waals surface area contributed by atoms with Gasteiger partial charge >= 0.3 is 39.5 Å². The van der Waals surface area contributed by atoms with Gasteiger partial charge in [0.25, 0.3) is 0 Å². The lowest BCUT2D eigenvalue weighted by atomic mass is 10.0. The standard InChI is InChI=1S/C87H146O17P2/c1-5-9-13-17-21-25-29-33-36-38-40-42-45-49-52-56-60-64-68-72-85(90)98-77-82(103-86(91)73-69-65-61-57-53-47-32-28-24-20-16-12-8-4)79-101-105(93,94)99-75-81(88)76-100-106(95,96)102-80-83(78-97-84(89)71-67-63-59-55-51-48-44-35-31-27-23-19-15-11-7-3)104-87(92)74-70-66-62-58-54-50-46-43-41-39-37-34-30-26-22-18-14-10-6-2/h9-10,13-14,21-23,25-27,33-37,40-44,49-50,52,54,81-83,88H,5-8,11-12,15-20,24,28-32,38-39,45-48,51,53,55-80H2,1-4H3,(H,93,94)(H,95,96)/b13-9-,14-10-,25-21-,26-22-,27-23-,36-33-,37-34-,42-40-,43-41-,44-35-,52-49-,54-50-/t81-,82-,83-/m1/s1. The number of rotatable bonds is 76. The first kappa shape index (κ1) is 101. The molecule has 0 aliphatic heterocycles. The molecule has 0 aliphatic carbocycles. The number of phosphoric ester groups is 2. The van der Waals surface area contributed by atoms with E-state index in [-0.39, 0.29) is 25.7 Å². The van der Waals surface area contributed by atoms with Crippen molar-refractivity contribution in [1.82, 2.24) is 0 Å². The lowest BCUT2D eigenvalue weighted by Gasteiger charge is -2.21. The van der Waals surface area contributed by atoms with Crippen LogP contribution in [0.5, 0.6) is 0 Å². The third kappa shape index (κ3) is 77.1. The number of aliphatic hydroxyl groups is 1. The highest BCUT2D eigenvalue weighted by atomic mass is 31.2. The summed E-state index contributed by atoms with van der Waals surface area (Å²) in [7, 11) is -9.99. The van der Waals surface area contributed by atoms with Crippen LogP contribution >= 0.6 is 15.6 Å². The lowest BCUT2D eigenvalue weighted by Crippen LogP contribution is -2.30. The zero-order valence-electron chi connectivity index (χ0n) is 66.3. The van der Waals surface area contributed by atoms with Crippen molar-refractivity contribution < 1.29 is 80.2 Å². The van der Waals surface area contributed by atoms with Crippen LogP contribution < -0.4 is 0 Å². The van der Waals surface area contributed by atoms with Crippen molar-refractivity contribution in [3.8, 4) is 0 Å². The van der Waals surface area contributed by atoms with E-state index < -0.39 is 97.5 Å². The van der Waals surface area contributed by atoms with Crippen LogP contribution in [0.1, 0.15) is 323 Å². The molecule has 606 valence electrons. The number of carbonyl (C=O) groups is 4. The van der Waals surface area contributed by atoms with Crippen LogP contribution in [0.3, 0.4) is 0 Å². The van der Waals surface area contributed by atoms with Gasteiger partial charge in [0.2, 0.25) is 0 Å². The Bertz CT molecular complexity index is 2580. The minimum atomic E-state index is -5.00. The summed E-state index contributed by atoms with van der Waals surface area (Å²) in [6.07, 6.45) is 89.6. The van der Waals surface area contributed by atoms with Crippen LogP contribution in [-0.4, -0.2) is 96.7 Å². The van der Waals surface area contributed by atoms with Crippen molar-refractivity contribution in [1.29, 1.82) is 0 Å². The first-order valence-corrected chi connectivity index (χ1v) is 44.1. The normalized spacial score (nSPS) is 14.6. The lowest BCUT2D eigenvalue weighted by molar-refractivity contribution is -0.161. The number of phosphoric acid groups is 2. The average molecular weight is 1530 g/mol. The first-order valence-electron chi connectivity index (χ1n) is 41.1. The van der Waals surface area contributed by atoms with E-state index in [2.05, 4.69) is 174 Å². The maximum atomic E-state index is 13.1. The Kier molecular flexibility index (Phi) is 74.3. The predicted molar refractivity (Wildman–Crippen MR) is 436 cm³/mol. The Labute approximate surface area is 643 Å². The third-order valence-electron chi connectivity index (χ3n) is 16.8. The van der Waals surface area contributed by atoms with E-state index in [9.17, 15) is 43.2 Å². The second-order valence-corrected chi connectivity index (χ2v) is 29.9. The molecular formula is C87H146O17P2. The van der Waals surface area contributed by atoms with Gasteiger partial charge < -0.3 is 33.8 Å². The fraction of sp³-hybridized carbons (Fsp3) is 0.678. The van der Waals surface area contributed by atoms with Crippen molar-refractivity contribution in [2.75, 3.05) is 39.6 Å². The highest BCUT2D eigenvalue weighted by molar-refractivity contribution is 7.47. The molecule has 0 bridgehead atoms. The molecule has 3 N–H and O–H groups in total. The van der Waals surface area contributed by atoms with Gasteiger partial charge in [-0.15, -0.1) is 0 Å². The van der Waals surface area contributed by atoms with E-state index in [0.717, 1.165) is 173 Å². The summed E-state index contributed by atoms with van der Waals surface area (Å²) in [4.78, 5) is 73.1. The molecule has 0 heterocycles. The summed E-state index contributed by atoms with van der Waals surface area (Å²) in [6, 6.07) is 0. The molecule has 0 aromatic heterocycles. The molecule has 17 nitrogen and oxygen atoms in total. The predicted octanol–water partition coefficient (Wildman–Crippen LogP) is 24.2. The number of ether oxygens (including phenoxy) is 4. The molecule has 0 saturated heterocycles. The van der Waals surface area contributed by atoms with Crippen LogP contribution in [0.15, 0.2) is 146 Å². The van der Waals surface area contributed by atoms with Gasteiger partial charge in [-0.3, -0.25) is 37.3 Å². The number of allylic oxidation sites excluding steroid dienone is 24. The highest BCUT2D eigenvalue weighted by Crippen LogP contribution is 2.45. The summed E-state index contributed by atoms with van der Waals surface area (Å²) >= 11 is 0. The second-order valence-electron chi connectivity index (χ2n) is 27.0. The Morgan fingerprint density at radius 3 is 0.783 bits per heavy atom. The van der Waals surface area contributed by atoms with Gasteiger partial charge in [0, 0.05) is 25.7 Å². The van der Waals surface area contributed by atoms with E-state index in [1.54, 1.807) is 0 Å². The van der Waals surface area contributed by atoms with Crippen molar-refractivity contribution in [3.05, 3.63) is 146 Å². The summed E-state index contributed by atoms with van der Waals surface area (Å²) in [5, 5.41) is 10.7. The molecule has 0 spiro atoms. The van der Waals surface area contributed by atoms with E-state index >= 15 is 0 Å². The molecule has 0 rings (SSSR count). The van der Waals surface area contributed by atoms with E-state index in [4.69, 9.17) is 37.0 Å². The average Bonchev–Trinajstić information content (AvgIpc) is 0.899. The summed E-state index contributed by atoms with van der Waals surface area (Å²) in [6.45, 7) is 4.55. The second kappa shape index (κ2) is 78.1. The van der Waals surface area contributed by atoms with E-state index in [1.807, 2.05) is 0 Å². The number of aliphatic hydroxyl groups excluding tert-OH is 1. The molecule has 5 atom stereocenters. The maximum Gasteiger partial charge on any atom is 0.472 e. The molecule has 0 radical (unpaired) electrons. The van der Waals surface area contributed by atoms with Crippen LogP contribution in [0.25, 0.3) is 0 Å². The highest BCUT2D eigenvalue weighted by Gasteiger charge is 2.30. The number of unbranched alkanes of at least 4 members (excludes halogenated alkanes) is 26. The minimum absolute atomic E-state index is 0.0487. The molecule has 0 aromatic carbocycles. The van der Waals surface area contributed by atoms with Gasteiger partial charge in [-0.25, -0.2) is 9.13 Å². The summed E-state index contributed by atoms with van der Waals surface area (Å²) in [5.41, 5.74) is 0. The van der Waals surface area contributed by atoms with E-state index in [1.165, 1.54) is 70.6 Å². The molecular weight excluding hydrogens is 1380 g/mol. The van der Waals surface area contributed by atoms with Crippen molar-refractivity contribution >= 4 is 39.5 Å². The summed E-state index contributed by atoms with van der Waals surface area (Å²) in [5.74, 6) is -2.26. The maximum absolute atomic E-state index is 13.1. The van der Waals surface area contributed by atoms with Gasteiger partial charge in [-0.1, -0.05) is 296 Å². The third-order valence-corrected chi connectivity index (χ3v) is 18.7. The molecule has 0 saturated carbocycles.